The fourth-order valence-corrected chi connectivity index (χ4v) is 2.12. The Morgan fingerprint density at radius 2 is 2.10 bits per heavy atom. The number of aromatic nitrogens is 1. The number of hydrogen-bond donors (Lipinski definition) is 2. The molecule has 0 bridgehead atoms. The predicted octanol–water partition coefficient (Wildman–Crippen LogP) is 2.27. The first-order valence-electron chi connectivity index (χ1n) is 7.16. The highest BCUT2D eigenvalue weighted by Gasteiger charge is 2.24. The van der Waals surface area contributed by atoms with Crippen molar-refractivity contribution in [1.82, 2.24) is 10.3 Å². The second-order valence-corrected chi connectivity index (χ2v) is 6.47. The second-order valence-electron chi connectivity index (χ2n) is 6.47. The fourth-order valence-electron chi connectivity index (χ4n) is 2.12. The van der Waals surface area contributed by atoms with Gasteiger partial charge in [0.05, 0.1) is 5.92 Å². The molecule has 1 rings (SSSR count). The number of hydrogen-bond acceptors (Lipinski definition) is 3. The van der Waals surface area contributed by atoms with E-state index in [0.29, 0.717) is 19.3 Å². The smallest absolute Gasteiger partial charge is 0.308 e. The quantitative estimate of drug-likeness (QED) is 0.808. The van der Waals surface area contributed by atoms with Crippen molar-refractivity contribution >= 4 is 11.9 Å². The van der Waals surface area contributed by atoms with Crippen molar-refractivity contribution in [3.8, 4) is 0 Å². The number of rotatable bonds is 7. The maximum absolute atomic E-state index is 11.8. The molecule has 5 heteroatoms. The van der Waals surface area contributed by atoms with E-state index in [-0.39, 0.29) is 17.9 Å². The number of aliphatic carboxylic acids is 1. The summed E-state index contributed by atoms with van der Waals surface area (Å²) in [7, 11) is 0. The van der Waals surface area contributed by atoms with Gasteiger partial charge in [-0.15, -0.1) is 0 Å². The molecule has 0 aliphatic carbocycles. The third kappa shape index (κ3) is 7.44. The monoisotopic (exact) mass is 292 g/mol. The van der Waals surface area contributed by atoms with Gasteiger partial charge in [-0.3, -0.25) is 14.6 Å². The van der Waals surface area contributed by atoms with Gasteiger partial charge in [0.25, 0.3) is 0 Å². The Bertz CT molecular complexity index is 466. The zero-order chi connectivity index (χ0) is 15.9. The summed E-state index contributed by atoms with van der Waals surface area (Å²) >= 11 is 0. The van der Waals surface area contributed by atoms with E-state index in [1.807, 2.05) is 32.9 Å². The molecule has 0 saturated carbocycles. The van der Waals surface area contributed by atoms with Crippen LogP contribution >= 0.6 is 0 Å². The molecule has 0 radical (unpaired) electrons. The molecule has 1 aromatic heterocycles. The highest BCUT2D eigenvalue weighted by atomic mass is 16.4. The third-order valence-electron chi connectivity index (χ3n) is 3.12. The summed E-state index contributed by atoms with van der Waals surface area (Å²) in [5.74, 6) is -1.54. The van der Waals surface area contributed by atoms with Crippen molar-refractivity contribution in [3.05, 3.63) is 30.1 Å². The van der Waals surface area contributed by atoms with Crippen LogP contribution in [-0.4, -0.2) is 28.5 Å². The summed E-state index contributed by atoms with van der Waals surface area (Å²) in [5, 5.41) is 11.9. The number of aryl methyl sites for hydroxylation is 1. The normalized spacial score (nSPS) is 12.7. The summed E-state index contributed by atoms with van der Waals surface area (Å²) < 4.78 is 0. The molecule has 5 nitrogen and oxygen atoms in total. The summed E-state index contributed by atoms with van der Waals surface area (Å²) in [6, 6.07) is 3.75. The number of nitrogens with zero attached hydrogens (tertiary/aromatic N) is 1. The average Bonchev–Trinajstić information content (AvgIpc) is 2.41. The van der Waals surface area contributed by atoms with Crippen LogP contribution in [-0.2, 0) is 16.0 Å². The molecule has 0 saturated heterocycles. The van der Waals surface area contributed by atoms with Crippen LogP contribution in [0.1, 0.15) is 39.2 Å². The van der Waals surface area contributed by atoms with Crippen LogP contribution in [0.5, 0.6) is 0 Å². The Kier molecular flexibility index (Phi) is 6.34. The first-order chi connectivity index (χ1) is 9.78. The molecule has 0 aliphatic heterocycles. The van der Waals surface area contributed by atoms with E-state index in [1.54, 1.807) is 12.4 Å². The standard InChI is InChI=1S/C16H24N2O3/c1-16(2,3)9-13(15(20)21)11-18-14(19)7-6-12-5-4-8-17-10-12/h4-5,8,10,13H,6-7,9,11H2,1-3H3,(H,18,19)(H,20,21). The molecular formula is C16H24N2O3. The molecule has 1 amide bonds. The van der Waals surface area contributed by atoms with Gasteiger partial charge >= 0.3 is 5.97 Å². The summed E-state index contributed by atoms with van der Waals surface area (Å²) in [6.07, 6.45) is 4.90. The number of nitrogens with one attached hydrogen (secondary N) is 1. The number of carboxylic acid groups (broad SMARTS) is 1. The van der Waals surface area contributed by atoms with Gasteiger partial charge in [-0.05, 0) is 29.9 Å². The number of carbonyl (C=O) groups is 2. The molecule has 116 valence electrons. The van der Waals surface area contributed by atoms with Crippen molar-refractivity contribution in [2.75, 3.05) is 6.54 Å². The highest BCUT2D eigenvalue weighted by molar-refractivity contribution is 5.77. The SMILES string of the molecule is CC(C)(C)CC(CNC(=O)CCc1cccnc1)C(=O)O. The first kappa shape index (κ1) is 17.1. The lowest BCUT2D eigenvalue weighted by atomic mass is 9.84. The molecule has 0 aliphatic rings. The minimum Gasteiger partial charge on any atom is -0.481 e. The minimum absolute atomic E-state index is 0.0799. The highest BCUT2D eigenvalue weighted by Crippen LogP contribution is 2.24. The van der Waals surface area contributed by atoms with Gasteiger partial charge in [0.1, 0.15) is 0 Å². The molecule has 0 fully saturated rings. The zero-order valence-corrected chi connectivity index (χ0v) is 12.9. The van der Waals surface area contributed by atoms with E-state index in [0.717, 1.165) is 5.56 Å². The molecule has 1 aromatic rings. The van der Waals surface area contributed by atoms with Gasteiger partial charge < -0.3 is 10.4 Å². The Hall–Kier alpha value is -1.91. The van der Waals surface area contributed by atoms with Crippen molar-refractivity contribution in [2.45, 2.75) is 40.0 Å². The van der Waals surface area contributed by atoms with Gasteiger partial charge in [-0.2, -0.15) is 0 Å². The van der Waals surface area contributed by atoms with Crippen molar-refractivity contribution < 1.29 is 14.7 Å². The Morgan fingerprint density at radius 1 is 1.38 bits per heavy atom. The average molecular weight is 292 g/mol. The maximum atomic E-state index is 11.8. The van der Waals surface area contributed by atoms with E-state index in [9.17, 15) is 14.7 Å². The minimum atomic E-state index is -0.863. The topological polar surface area (TPSA) is 79.3 Å². The van der Waals surface area contributed by atoms with Gasteiger partial charge in [-0.25, -0.2) is 0 Å². The Balaban J connectivity index is 2.38. The molecule has 1 unspecified atom stereocenters. The maximum Gasteiger partial charge on any atom is 0.308 e. The molecule has 1 atom stereocenters. The van der Waals surface area contributed by atoms with E-state index >= 15 is 0 Å². The van der Waals surface area contributed by atoms with E-state index in [4.69, 9.17) is 0 Å². The summed E-state index contributed by atoms with van der Waals surface area (Å²) in [6.45, 7) is 6.16. The summed E-state index contributed by atoms with van der Waals surface area (Å²) in [5.41, 5.74) is 0.917. The van der Waals surface area contributed by atoms with E-state index in [2.05, 4.69) is 10.3 Å². The molecule has 1 heterocycles. The number of amides is 1. The first-order valence-corrected chi connectivity index (χ1v) is 7.16. The fraction of sp³-hybridized carbons (Fsp3) is 0.562. The van der Waals surface area contributed by atoms with Crippen LogP contribution in [0, 0.1) is 11.3 Å². The van der Waals surface area contributed by atoms with Crippen LogP contribution in [0.25, 0.3) is 0 Å². The zero-order valence-electron chi connectivity index (χ0n) is 12.9. The predicted molar refractivity (Wildman–Crippen MR) is 80.8 cm³/mol. The van der Waals surface area contributed by atoms with Crippen LogP contribution in [0.3, 0.4) is 0 Å². The Labute approximate surface area is 125 Å². The van der Waals surface area contributed by atoms with Gasteiger partial charge in [-0.1, -0.05) is 26.8 Å². The second kappa shape index (κ2) is 7.76. The van der Waals surface area contributed by atoms with Crippen LogP contribution < -0.4 is 5.32 Å². The van der Waals surface area contributed by atoms with Crippen LogP contribution in [0.2, 0.25) is 0 Å². The van der Waals surface area contributed by atoms with Crippen molar-refractivity contribution in [1.29, 1.82) is 0 Å². The summed E-state index contributed by atoms with van der Waals surface area (Å²) in [4.78, 5) is 27.0. The van der Waals surface area contributed by atoms with Crippen molar-refractivity contribution in [2.24, 2.45) is 11.3 Å². The van der Waals surface area contributed by atoms with Crippen LogP contribution in [0.15, 0.2) is 24.5 Å². The largest absolute Gasteiger partial charge is 0.481 e. The molecule has 2 N–H and O–H groups in total. The molecule has 0 spiro atoms. The number of pyridine rings is 1. The van der Waals surface area contributed by atoms with Gasteiger partial charge in [0.15, 0.2) is 0 Å². The van der Waals surface area contributed by atoms with Gasteiger partial charge in [0.2, 0.25) is 5.91 Å². The lowest BCUT2D eigenvalue weighted by molar-refractivity contribution is -0.142. The third-order valence-corrected chi connectivity index (χ3v) is 3.12. The van der Waals surface area contributed by atoms with Crippen LogP contribution in [0.4, 0.5) is 0 Å². The van der Waals surface area contributed by atoms with E-state index < -0.39 is 11.9 Å². The molecule has 21 heavy (non-hydrogen) atoms. The van der Waals surface area contributed by atoms with Gasteiger partial charge in [0, 0.05) is 25.4 Å². The van der Waals surface area contributed by atoms with Crippen molar-refractivity contribution in [3.63, 3.8) is 0 Å². The van der Waals surface area contributed by atoms with E-state index in [1.165, 1.54) is 0 Å². The lowest BCUT2D eigenvalue weighted by Crippen LogP contribution is -2.35. The number of carbonyl (C=O) groups excluding carboxylic acids is 1. The lowest BCUT2D eigenvalue weighted by Gasteiger charge is -2.23. The number of carboxylic acids is 1. The molecular weight excluding hydrogens is 268 g/mol. The Morgan fingerprint density at radius 3 is 2.62 bits per heavy atom. The molecule has 0 aromatic carbocycles.